The molecule has 0 saturated carbocycles. The Morgan fingerprint density at radius 2 is 1.65 bits per heavy atom. The average Bonchev–Trinajstić information content (AvgIpc) is 2.80. The molecule has 2 N–H and O–H groups in total. The van der Waals surface area contributed by atoms with Crippen LogP contribution in [0.4, 0.5) is 5.69 Å². The Balaban J connectivity index is 1.42. The number of carbonyl (C=O) groups is 2. The third-order valence-electron chi connectivity index (χ3n) is 4.32. The molecular formula is C24H21N3O3S. The number of amides is 2. The fraction of sp³-hybridized carbons (Fsp3) is 0.125. The highest BCUT2D eigenvalue weighted by Gasteiger charge is 2.07. The van der Waals surface area contributed by atoms with E-state index in [2.05, 4.69) is 10.6 Å². The Morgan fingerprint density at radius 1 is 0.935 bits per heavy atom. The molecule has 7 heteroatoms. The van der Waals surface area contributed by atoms with Gasteiger partial charge in [0.25, 0.3) is 5.91 Å². The van der Waals surface area contributed by atoms with E-state index in [9.17, 15) is 9.59 Å². The zero-order valence-electron chi connectivity index (χ0n) is 16.7. The largest absolute Gasteiger partial charge is 0.493 e. The molecule has 0 spiro atoms. The summed E-state index contributed by atoms with van der Waals surface area (Å²) in [5.74, 6) is 0.409. The van der Waals surface area contributed by atoms with Crippen LogP contribution in [0.2, 0.25) is 0 Å². The Hall–Kier alpha value is -3.76. The van der Waals surface area contributed by atoms with E-state index in [1.807, 2.05) is 47.9 Å². The monoisotopic (exact) mass is 431 g/mol. The summed E-state index contributed by atoms with van der Waals surface area (Å²) in [6.07, 6.45) is 0.265. The van der Waals surface area contributed by atoms with Crippen LogP contribution in [-0.2, 0) is 11.3 Å². The topological polar surface area (TPSA) is 91.2 Å². The van der Waals surface area contributed by atoms with Gasteiger partial charge in [0, 0.05) is 22.7 Å². The fourth-order valence-corrected chi connectivity index (χ4v) is 3.08. The highest BCUT2D eigenvalue weighted by atomic mass is 32.2. The maximum Gasteiger partial charge on any atom is 0.255 e. The minimum atomic E-state index is -0.227. The molecule has 0 heterocycles. The number of nitrogens with zero attached hydrogens (tertiary/aromatic N) is 1. The quantitative estimate of drug-likeness (QED) is 0.382. The summed E-state index contributed by atoms with van der Waals surface area (Å²) < 4.78 is 5.52. The van der Waals surface area contributed by atoms with Crippen LogP contribution in [-0.4, -0.2) is 18.4 Å². The highest BCUT2D eigenvalue weighted by Crippen LogP contribution is 2.19. The molecule has 3 rings (SSSR count). The minimum absolute atomic E-state index is 0.101. The standard InChI is InChI=1S/C24H21N3O3S/c25-17-31-22-12-10-20(11-13-22)27-24(29)19-8-6-18(7-9-19)16-26-23(28)14-15-30-21-4-2-1-3-5-21/h1-13H,14-16H2,(H,26,28)(H,27,29). The number of carbonyl (C=O) groups excluding carboxylic acids is 2. The molecule has 0 aliphatic rings. The highest BCUT2D eigenvalue weighted by molar-refractivity contribution is 8.03. The molecule has 0 aromatic heterocycles. The number of nitriles is 1. The van der Waals surface area contributed by atoms with Crippen LogP contribution >= 0.6 is 11.8 Å². The van der Waals surface area contributed by atoms with Crippen LogP contribution in [0.25, 0.3) is 0 Å². The summed E-state index contributed by atoms with van der Waals surface area (Å²) in [5, 5.41) is 16.3. The number of rotatable bonds is 9. The molecule has 3 aromatic carbocycles. The lowest BCUT2D eigenvalue weighted by Crippen LogP contribution is -2.24. The zero-order valence-corrected chi connectivity index (χ0v) is 17.5. The normalized spacial score (nSPS) is 10.0. The van der Waals surface area contributed by atoms with Gasteiger partial charge in [0.15, 0.2) is 0 Å². The predicted octanol–water partition coefficient (Wildman–Crippen LogP) is 4.60. The van der Waals surface area contributed by atoms with E-state index in [0.29, 0.717) is 24.4 Å². The molecule has 0 radical (unpaired) electrons. The molecule has 0 saturated heterocycles. The van der Waals surface area contributed by atoms with Crippen molar-refractivity contribution in [1.82, 2.24) is 5.32 Å². The van der Waals surface area contributed by atoms with E-state index in [1.54, 1.807) is 36.4 Å². The molecular weight excluding hydrogens is 410 g/mol. The molecule has 0 aliphatic heterocycles. The second-order valence-electron chi connectivity index (χ2n) is 6.56. The van der Waals surface area contributed by atoms with Crippen LogP contribution in [0.5, 0.6) is 5.75 Å². The maximum absolute atomic E-state index is 12.4. The van der Waals surface area contributed by atoms with Gasteiger partial charge in [-0.2, -0.15) is 5.26 Å². The van der Waals surface area contributed by atoms with Gasteiger partial charge in [-0.3, -0.25) is 9.59 Å². The van der Waals surface area contributed by atoms with Gasteiger partial charge in [0.1, 0.15) is 11.2 Å². The van der Waals surface area contributed by atoms with Crippen molar-refractivity contribution >= 4 is 29.3 Å². The van der Waals surface area contributed by atoms with Gasteiger partial charge in [-0.1, -0.05) is 30.3 Å². The molecule has 0 aliphatic carbocycles. The predicted molar refractivity (Wildman–Crippen MR) is 121 cm³/mol. The van der Waals surface area contributed by atoms with Crippen molar-refractivity contribution in [2.45, 2.75) is 17.9 Å². The number of hydrogen-bond acceptors (Lipinski definition) is 5. The minimum Gasteiger partial charge on any atom is -0.493 e. The van der Waals surface area contributed by atoms with Crippen LogP contribution in [0.1, 0.15) is 22.3 Å². The van der Waals surface area contributed by atoms with Gasteiger partial charge < -0.3 is 15.4 Å². The van der Waals surface area contributed by atoms with Gasteiger partial charge in [0.05, 0.1) is 13.0 Å². The summed E-state index contributed by atoms with van der Waals surface area (Å²) in [7, 11) is 0. The van der Waals surface area contributed by atoms with Crippen LogP contribution in [0.3, 0.4) is 0 Å². The molecule has 0 bridgehead atoms. The van der Waals surface area contributed by atoms with E-state index in [-0.39, 0.29) is 18.2 Å². The molecule has 31 heavy (non-hydrogen) atoms. The van der Waals surface area contributed by atoms with E-state index >= 15 is 0 Å². The van der Waals surface area contributed by atoms with E-state index < -0.39 is 0 Å². The second kappa shape index (κ2) is 11.4. The summed E-state index contributed by atoms with van der Waals surface area (Å²) in [6, 6.07) is 23.5. The maximum atomic E-state index is 12.4. The first kappa shape index (κ1) is 21.9. The Morgan fingerprint density at radius 3 is 2.32 bits per heavy atom. The zero-order chi connectivity index (χ0) is 21.9. The molecule has 3 aromatic rings. The SMILES string of the molecule is N#CSc1ccc(NC(=O)c2ccc(CNC(=O)CCOc3ccccc3)cc2)cc1. The van der Waals surface area contributed by atoms with Gasteiger partial charge in [-0.25, -0.2) is 0 Å². The van der Waals surface area contributed by atoms with Gasteiger partial charge >= 0.3 is 0 Å². The summed E-state index contributed by atoms with van der Waals surface area (Å²) >= 11 is 1.07. The summed E-state index contributed by atoms with van der Waals surface area (Å²) in [4.78, 5) is 25.2. The fourth-order valence-electron chi connectivity index (χ4n) is 2.70. The van der Waals surface area contributed by atoms with E-state index in [0.717, 1.165) is 28.0 Å². The Labute approximate surface area is 185 Å². The second-order valence-corrected chi connectivity index (χ2v) is 7.42. The first-order valence-corrected chi connectivity index (χ1v) is 10.5. The smallest absolute Gasteiger partial charge is 0.255 e. The van der Waals surface area contributed by atoms with Crippen LogP contribution < -0.4 is 15.4 Å². The lowest BCUT2D eigenvalue weighted by atomic mass is 10.1. The number of thiocyanates is 1. The lowest BCUT2D eigenvalue weighted by Gasteiger charge is -2.09. The molecule has 6 nitrogen and oxygen atoms in total. The molecule has 2 amide bonds. The lowest BCUT2D eigenvalue weighted by molar-refractivity contribution is -0.121. The summed E-state index contributed by atoms with van der Waals surface area (Å²) in [5.41, 5.74) is 2.06. The number of ether oxygens (including phenoxy) is 1. The number of nitrogens with one attached hydrogen (secondary N) is 2. The third-order valence-corrected chi connectivity index (χ3v) is 4.92. The van der Waals surface area contributed by atoms with Gasteiger partial charge in [-0.15, -0.1) is 0 Å². The first-order chi connectivity index (χ1) is 15.1. The molecule has 0 atom stereocenters. The van der Waals surface area contributed by atoms with Crippen LogP contribution in [0.15, 0.2) is 83.8 Å². The van der Waals surface area contributed by atoms with Crippen molar-refractivity contribution in [2.75, 3.05) is 11.9 Å². The molecule has 0 unspecified atom stereocenters. The van der Waals surface area contributed by atoms with E-state index in [4.69, 9.17) is 10.00 Å². The van der Waals surface area contributed by atoms with Crippen molar-refractivity contribution in [1.29, 1.82) is 5.26 Å². The Bertz CT molecular complexity index is 1050. The summed E-state index contributed by atoms with van der Waals surface area (Å²) in [6.45, 7) is 0.690. The number of para-hydroxylation sites is 1. The molecule has 156 valence electrons. The first-order valence-electron chi connectivity index (χ1n) is 9.65. The van der Waals surface area contributed by atoms with Crippen molar-refractivity contribution in [3.8, 4) is 11.2 Å². The van der Waals surface area contributed by atoms with Gasteiger partial charge in [0.2, 0.25) is 5.91 Å². The van der Waals surface area contributed by atoms with Crippen molar-refractivity contribution in [3.63, 3.8) is 0 Å². The van der Waals surface area contributed by atoms with Crippen molar-refractivity contribution in [2.24, 2.45) is 0 Å². The third kappa shape index (κ3) is 7.21. The Kier molecular flexibility index (Phi) is 8.09. The number of hydrogen-bond donors (Lipinski definition) is 2. The van der Waals surface area contributed by atoms with Crippen LogP contribution in [0, 0.1) is 10.7 Å². The average molecular weight is 432 g/mol. The number of thioether (sulfide) groups is 1. The molecule has 0 fully saturated rings. The van der Waals surface area contributed by atoms with Crippen molar-refractivity contribution < 1.29 is 14.3 Å². The van der Waals surface area contributed by atoms with E-state index in [1.165, 1.54) is 0 Å². The number of benzene rings is 3. The van der Waals surface area contributed by atoms with Crippen molar-refractivity contribution in [3.05, 3.63) is 90.0 Å². The van der Waals surface area contributed by atoms with Gasteiger partial charge in [-0.05, 0) is 65.9 Å². The number of anilines is 1.